The molecule has 0 saturated heterocycles. The topological polar surface area (TPSA) is 49.4 Å². The summed E-state index contributed by atoms with van der Waals surface area (Å²) in [4.78, 5) is 27.9. The molecule has 5 heteroatoms. The average molecular weight is 435 g/mol. The number of hydrogen-bond donors (Lipinski definition) is 1. The normalized spacial score (nSPS) is 15.6. The lowest BCUT2D eigenvalue weighted by molar-refractivity contribution is -0.121. The number of benzene rings is 3. The number of amides is 2. The molecule has 0 unspecified atom stereocenters. The van der Waals surface area contributed by atoms with E-state index in [1.807, 2.05) is 66.7 Å². The van der Waals surface area contributed by atoms with Crippen molar-refractivity contribution in [1.29, 1.82) is 0 Å². The van der Waals surface area contributed by atoms with Crippen LogP contribution in [-0.4, -0.2) is 22.8 Å². The maximum Gasteiger partial charge on any atom is 0.254 e. The Kier molecular flexibility index (Phi) is 5.26. The Morgan fingerprint density at radius 3 is 2.21 bits per heavy atom. The summed E-state index contributed by atoms with van der Waals surface area (Å²) in [6, 6.07) is 23.9. The lowest BCUT2D eigenvalue weighted by atomic mass is 9.92. The van der Waals surface area contributed by atoms with Crippen LogP contribution in [-0.2, 0) is 17.8 Å². The first-order chi connectivity index (χ1) is 13.6. The molecule has 28 heavy (non-hydrogen) atoms. The smallest absolute Gasteiger partial charge is 0.254 e. The van der Waals surface area contributed by atoms with Crippen molar-refractivity contribution in [3.8, 4) is 0 Å². The molecule has 1 atom stereocenters. The molecule has 0 fully saturated rings. The zero-order chi connectivity index (χ0) is 19.5. The molecule has 0 saturated carbocycles. The summed E-state index contributed by atoms with van der Waals surface area (Å²) < 4.78 is 0.943. The van der Waals surface area contributed by atoms with Gasteiger partial charge in [0.1, 0.15) is 6.04 Å². The number of carbonyl (C=O) groups excluding carboxylic acids is 2. The number of nitrogens with zero attached hydrogens (tertiary/aromatic N) is 1. The number of carbonyl (C=O) groups is 2. The van der Waals surface area contributed by atoms with Crippen molar-refractivity contribution < 1.29 is 9.59 Å². The summed E-state index contributed by atoms with van der Waals surface area (Å²) in [5.41, 5.74) is 3.48. The highest BCUT2D eigenvalue weighted by Crippen LogP contribution is 2.26. The van der Waals surface area contributed by atoms with E-state index in [9.17, 15) is 9.59 Å². The van der Waals surface area contributed by atoms with Gasteiger partial charge >= 0.3 is 0 Å². The number of nitrogens with one attached hydrogen (secondary N) is 1. The van der Waals surface area contributed by atoms with Gasteiger partial charge in [0.15, 0.2) is 0 Å². The van der Waals surface area contributed by atoms with Crippen LogP contribution in [0.2, 0.25) is 0 Å². The quantitative estimate of drug-likeness (QED) is 0.651. The Bertz CT molecular complexity index is 1000. The van der Waals surface area contributed by atoms with E-state index in [4.69, 9.17) is 0 Å². The van der Waals surface area contributed by atoms with Crippen LogP contribution in [0.15, 0.2) is 83.3 Å². The molecule has 0 aliphatic carbocycles. The minimum atomic E-state index is -0.564. The molecule has 0 radical (unpaired) electrons. The molecule has 3 aromatic carbocycles. The molecular formula is C23H19BrN2O2. The molecule has 1 aliphatic heterocycles. The van der Waals surface area contributed by atoms with Crippen LogP contribution in [0.5, 0.6) is 0 Å². The molecule has 1 N–H and O–H groups in total. The molecule has 140 valence electrons. The molecule has 0 bridgehead atoms. The average Bonchev–Trinajstić information content (AvgIpc) is 2.74. The second-order valence-electron chi connectivity index (χ2n) is 6.78. The molecule has 3 aromatic rings. The van der Waals surface area contributed by atoms with Crippen LogP contribution in [0, 0.1) is 0 Å². The van der Waals surface area contributed by atoms with Crippen molar-refractivity contribution in [3.63, 3.8) is 0 Å². The maximum absolute atomic E-state index is 13.2. The van der Waals surface area contributed by atoms with Gasteiger partial charge in [-0.25, -0.2) is 0 Å². The van der Waals surface area contributed by atoms with Gasteiger partial charge < -0.3 is 10.2 Å². The summed E-state index contributed by atoms with van der Waals surface area (Å²) >= 11 is 3.40. The largest absolute Gasteiger partial charge is 0.324 e. The number of rotatable bonds is 3. The van der Waals surface area contributed by atoms with E-state index >= 15 is 0 Å². The second kappa shape index (κ2) is 7.98. The fourth-order valence-electron chi connectivity index (χ4n) is 3.48. The van der Waals surface area contributed by atoms with Crippen LogP contribution in [0.4, 0.5) is 5.69 Å². The van der Waals surface area contributed by atoms with Crippen LogP contribution < -0.4 is 5.32 Å². The maximum atomic E-state index is 13.2. The number of anilines is 1. The highest BCUT2D eigenvalue weighted by atomic mass is 79.9. The highest BCUT2D eigenvalue weighted by Gasteiger charge is 2.35. The monoisotopic (exact) mass is 434 g/mol. The third-order valence-corrected chi connectivity index (χ3v) is 5.47. The molecule has 4 rings (SSSR count). The summed E-state index contributed by atoms with van der Waals surface area (Å²) in [5.74, 6) is -0.313. The highest BCUT2D eigenvalue weighted by molar-refractivity contribution is 9.10. The van der Waals surface area contributed by atoms with Gasteiger partial charge in [0, 0.05) is 28.7 Å². The minimum Gasteiger partial charge on any atom is -0.324 e. The van der Waals surface area contributed by atoms with Crippen molar-refractivity contribution in [2.75, 3.05) is 5.32 Å². The van der Waals surface area contributed by atoms with Crippen LogP contribution in [0.1, 0.15) is 21.5 Å². The Hall–Kier alpha value is -2.92. The third-order valence-electron chi connectivity index (χ3n) is 4.94. The Morgan fingerprint density at radius 1 is 0.857 bits per heavy atom. The van der Waals surface area contributed by atoms with Crippen molar-refractivity contribution in [2.45, 2.75) is 19.0 Å². The van der Waals surface area contributed by atoms with Gasteiger partial charge in [0.2, 0.25) is 5.91 Å². The van der Waals surface area contributed by atoms with E-state index in [0.29, 0.717) is 24.2 Å². The first kappa shape index (κ1) is 18.4. The van der Waals surface area contributed by atoms with Gasteiger partial charge in [0.25, 0.3) is 5.91 Å². The number of fused-ring (bicyclic) bond motifs is 1. The summed E-state index contributed by atoms with van der Waals surface area (Å²) in [6.07, 6.45) is 0.497. The standard InChI is InChI=1S/C23H19BrN2O2/c24-19-10-12-20(13-11-19)25-22(27)21-14-17-8-4-5-9-18(17)15-26(21)23(28)16-6-2-1-3-7-16/h1-13,21H,14-15H2,(H,25,27)/t21-/m1/s1. The zero-order valence-corrected chi connectivity index (χ0v) is 16.7. The summed E-state index contributed by atoms with van der Waals surface area (Å²) in [5, 5.41) is 2.95. The van der Waals surface area contributed by atoms with Gasteiger partial charge in [-0.1, -0.05) is 58.4 Å². The van der Waals surface area contributed by atoms with E-state index in [1.165, 1.54) is 0 Å². The zero-order valence-electron chi connectivity index (χ0n) is 15.1. The van der Waals surface area contributed by atoms with Gasteiger partial charge in [-0.2, -0.15) is 0 Å². The molecule has 0 aromatic heterocycles. The van der Waals surface area contributed by atoms with Crippen molar-refractivity contribution in [2.24, 2.45) is 0 Å². The van der Waals surface area contributed by atoms with E-state index in [-0.39, 0.29) is 11.8 Å². The fraction of sp³-hybridized carbons (Fsp3) is 0.130. The first-order valence-electron chi connectivity index (χ1n) is 9.11. The van der Waals surface area contributed by atoms with Crippen molar-refractivity contribution in [3.05, 3.63) is 100 Å². The molecule has 0 spiro atoms. The van der Waals surface area contributed by atoms with Gasteiger partial charge in [0.05, 0.1) is 0 Å². The lowest BCUT2D eigenvalue weighted by Gasteiger charge is -2.36. The van der Waals surface area contributed by atoms with Gasteiger partial charge in [-0.3, -0.25) is 9.59 Å². The van der Waals surface area contributed by atoms with E-state index in [1.54, 1.807) is 17.0 Å². The second-order valence-corrected chi connectivity index (χ2v) is 7.70. The summed E-state index contributed by atoms with van der Waals surface area (Å²) in [7, 11) is 0. The predicted octanol–water partition coefficient (Wildman–Crippen LogP) is 4.65. The molecule has 1 aliphatic rings. The Labute approximate surface area is 172 Å². The van der Waals surface area contributed by atoms with Crippen LogP contribution >= 0.6 is 15.9 Å². The SMILES string of the molecule is O=C(Nc1ccc(Br)cc1)[C@H]1Cc2ccccc2CN1C(=O)c1ccccc1. The van der Waals surface area contributed by atoms with E-state index < -0.39 is 6.04 Å². The van der Waals surface area contributed by atoms with Crippen molar-refractivity contribution in [1.82, 2.24) is 4.90 Å². The third kappa shape index (κ3) is 3.85. The number of hydrogen-bond acceptors (Lipinski definition) is 2. The molecule has 1 heterocycles. The molecular weight excluding hydrogens is 416 g/mol. The van der Waals surface area contributed by atoms with Gasteiger partial charge in [-0.15, -0.1) is 0 Å². The van der Waals surface area contributed by atoms with E-state index in [2.05, 4.69) is 21.2 Å². The first-order valence-corrected chi connectivity index (χ1v) is 9.90. The van der Waals surface area contributed by atoms with Crippen LogP contribution in [0.3, 0.4) is 0 Å². The Balaban J connectivity index is 1.64. The predicted molar refractivity (Wildman–Crippen MR) is 113 cm³/mol. The van der Waals surface area contributed by atoms with E-state index in [0.717, 1.165) is 15.6 Å². The minimum absolute atomic E-state index is 0.133. The molecule has 4 nitrogen and oxygen atoms in total. The molecule has 2 amide bonds. The van der Waals surface area contributed by atoms with Crippen molar-refractivity contribution >= 4 is 33.4 Å². The van der Waals surface area contributed by atoms with Crippen LogP contribution in [0.25, 0.3) is 0 Å². The Morgan fingerprint density at radius 2 is 1.50 bits per heavy atom. The number of halogens is 1. The lowest BCUT2D eigenvalue weighted by Crippen LogP contribution is -2.50. The van der Waals surface area contributed by atoms with Gasteiger partial charge in [-0.05, 0) is 47.5 Å². The fourth-order valence-corrected chi connectivity index (χ4v) is 3.74. The summed E-state index contributed by atoms with van der Waals surface area (Å²) in [6.45, 7) is 0.419.